The van der Waals surface area contributed by atoms with Crippen LogP contribution in [0.4, 0.5) is 5.69 Å². The number of nitrogens with one attached hydrogen (secondary N) is 1. The Morgan fingerprint density at radius 1 is 1.05 bits per heavy atom. The number of aryl methyl sites for hydroxylation is 1. The molecule has 2 aliphatic carbocycles. The van der Waals surface area contributed by atoms with Gasteiger partial charge in [-0.25, -0.2) is 0 Å². The molecule has 3 aliphatic rings. The minimum absolute atomic E-state index is 0.280. The minimum atomic E-state index is 0.280. The van der Waals surface area contributed by atoms with Gasteiger partial charge in [-0.2, -0.15) is 0 Å². The molecule has 0 bridgehead atoms. The van der Waals surface area contributed by atoms with Crippen molar-refractivity contribution in [2.45, 2.75) is 56.9 Å². The van der Waals surface area contributed by atoms with Gasteiger partial charge in [0, 0.05) is 11.4 Å². The topological polar surface area (TPSA) is 24.4 Å². The maximum absolute atomic E-state index is 5.03. The first-order valence-corrected chi connectivity index (χ1v) is 8.94. The number of fused-ring (bicyclic) bond motifs is 1. The van der Waals surface area contributed by atoms with E-state index in [0.717, 1.165) is 5.17 Å². The number of nitrogens with zero attached hydrogens (tertiary/aromatic N) is 1. The van der Waals surface area contributed by atoms with Crippen LogP contribution in [0.25, 0.3) is 0 Å². The molecule has 1 saturated carbocycles. The summed E-state index contributed by atoms with van der Waals surface area (Å²) >= 11 is 1.92. The summed E-state index contributed by atoms with van der Waals surface area (Å²) in [5.74, 6) is 1.18. The van der Waals surface area contributed by atoms with E-state index < -0.39 is 0 Å². The van der Waals surface area contributed by atoms with Gasteiger partial charge in [0.05, 0.1) is 5.54 Å². The lowest BCUT2D eigenvalue weighted by molar-refractivity contribution is 0.508. The Bertz CT molecular complexity index is 544. The molecule has 1 heterocycles. The maximum Gasteiger partial charge on any atom is 0.161 e. The molecule has 1 aromatic carbocycles. The Hall–Kier alpha value is -0.960. The van der Waals surface area contributed by atoms with Crippen molar-refractivity contribution in [2.24, 2.45) is 4.99 Å². The molecule has 20 heavy (non-hydrogen) atoms. The summed E-state index contributed by atoms with van der Waals surface area (Å²) in [4.78, 5) is 5.03. The molecular formula is C17H22N2S. The number of aliphatic imine (C=N–C) groups is 1. The van der Waals surface area contributed by atoms with Gasteiger partial charge in [0.15, 0.2) is 5.17 Å². The third kappa shape index (κ3) is 2.26. The van der Waals surface area contributed by atoms with Crippen molar-refractivity contribution in [2.75, 3.05) is 11.1 Å². The largest absolute Gasteiger partial charge is 0.335 e. The molecule has 0 aromatic heterocycles. The van der Waals surface area contributed by atoms with Crippen molar-refractivity contribution in [1.29, 1.82) is 0 Å². The van der Waals surface area contributed by atoms with E-state index in [0.29, 0.717) is 0 Å². The first-order valence-electron chi connectivity index (χ1n) is 7.95. The summed E-state index contributed by atoms with van der Waals surface area (Å²) in [6.07, 6.45) is 10.4. The Labute approximate surface area is 125 Å². The van der Waals surface area contributed by atoms with Crippen molar-refractivity contribution in [1.82, 2.24) is 0 Å². The van der Waals surface area contributed by atoms with Crippen LogP contribution >= 0.6 is 11.8 Å². The predicted molar refractivity (Wildman–Crippen MR) is 87.8 cm³/mol. The molecule has 1 spiro atoms. The number of thioether (sulfide) groups is 1. The van der Waals surface area contributed by atoms with E-state index >= 15 is 0 Å². The van der Waals surface area contributed by atoms with Crippen LogP contribution in [-0.2, 0) is 12.8 Å². The molecule has 2 nitrogen and oxygen atoms in total. The highest BCUT2D eigenvalue weighted by Crippen LogP contribution is 2.41. The monoisotopic (exact) mass is 286 g/mol. The fourth-order valence-corrected chi connectivity index (χ4v) is 5.05. The first kappa shape index (κ1) is 12.8. The number of hydrogen-bond donors (Lipinski definition) is 1. The van der Waals surface area contributed by atoms with Crippen molar-refractivity contribution >= 4 is 22.6 Å². The Kier molecular flexibility index (Phi) is 3.25. The van der Waals surface area contributed by atoms with Gasteiger partial charge in [0.25, 0.3) is 0 Å². The molecular weight excluding hydrogens is 264 g/mol. The van der Waals surface area contributed by atoms with Gasteiger partial charge < -0.3 is 5.32 Å². The zero-order chi connectivity index (χ0) is 13.4. The zero-order valence-corrected chi connectivity index (χ0v) is 12.8. The fourth-order valence-electron chi connectivity index (χ4n) is 3.85. The normalized spacial score (nSPS) is 23.7. The van der Waals surface area contributed by atoms with E-state index in [4.69, 9.17) is 4.99 Å². The van der Waals surface area contributed by atoms with Gasteiger partial charge in [0.2, 0.25) is 0 Å². The molecule has 1 fully saturated rings. The summed E-state index contributed by atoms with van der Waals surface area (Å²) in [5, 5.41) is 4.79. The van der Waals surface area contributed by atoms with E-state index in [1.807, 2.05) is 11.8 Å². The lowest BCUT2D eigenvalue weighted by atomic mass is 9.90. The third-order valence-electron chi connectivity index (χ3n) is 4.99. The van der Waals surface area contributed by atoms with Gasteiger partial charge in [-0.15, -0.1) is 0 Å². The average molecular weight is 286 g/mol. The van der Waals surface area contributed by atoms with Crippen LogP contribution in [-0.4, -0.2) is 16.5 Å². The molecule has 0 radical (unpaired) electrons. The Morgan fingerprint density at radius 2 is 1.90 bits per heavy atom. The maximum atomic E-state index is 5.03. The summed E-state index contributed by atoms with van der Waals surface area (Å²) in [7, 11) is 0. The van der Waals surface area contributed by atoms with Gasteiger partial charge in [-0.05, 0) is 55.7 Å². The second-order valence-corrected chi connectivity index (χ2v) is 7.38. The van der Waals surface area contributed by atoms with Gasteiger partial charge >= 0.3 is 0 Å². The predicted octanol–water partition coefficient (Wildman–Crippen LogP) is 4.39. The van der Waals surface area contributed by atoms with Gasteiger partial charge in [-0.1, -0.05) is 36.7 Å². The smallest absolute Gasteiger partial charge is 0.161 e. The summed E-state index contributed by atoms with van der Waals surface area (Å²) in [6, 6.07) is 6.71. The molecule has 1 N–H and O–H groups in total. The standard InChI is InChI=1S/C17H22N2S/c1-2-8-14-13(6-1)7-5-9-15(14)18-16-19-17(12-20-16)10-3-4-11-17/h5,7,9H,1-4,6,8,10-12H2,(H,18,19). The Morgan fingerprint density at radius 3 is 2.80 bits per heavy atom. The molecule has 3 heteroatoms. The van der Waals surface area contributed by atoms with E-state index in [1.54, 1.807) is 5.56 Å². The summed E-state index contributed by atoms with van der Waals surface area (Å²) < 4.78 is 0. The quantitative estimate of drug-likeness (QED) is 0.828. The van der Waals surface area contributed by atoms with E-state index in [9.17, 15) is 0 Å². The van der Waals surface area contributed by atoms with Crippen molar-refractivity contribution in [3.05, 3.63) is 29.3 Å². The van der Waals surface area contributed by atoms with Crippen LogP contribution in [0.1, 0.15) is 49.7 Å². The third-order valence-corrected chi connectivity index (χ3v) is 6.14. The van der Waals surface area contributed by atoms with E-state index in [-0.39, 0.29) is 5.54 Å². The van der Waals surface area contributed by atoms with Crippen molar-refractivity contribution in [3.8, 4) is 0 Å². The molecule has 0 saturated heterocycles. The summed E-state index contributed by atoms with van der Waals surface area (Å²) in [5.41, 5.74) is 4.67. The molecule has 1 aromatic rings. The number of benzene rings is 1. The van der Waals surface area contributed by atoms with Crippen LogP contribution in [0.5, 0.6) is 0 Å². The second kappa shape index (κ2) is 5.10. The molecule has 0 amide bonds. The summed E-state index contributed by atoms with van der Waals surface area (Å²) in [6.45, 7) is 0. The fraction of sp³-hybridized carbons (Fsp3) is 0.588. The van der Waals surface area contributed by atoms with Crippen molar-refractivity contribution in [3.63, 3.8) is 0 Å². The van der Waals surface area contributed by atoms with Crippen LogP contribution in [0.15, 0.2) is 23.2 Å². The Balaban J connectivity index is 1.58. The number of amidine groups is 1. The average Bonchev–Trinajstić information content (AvgIpc) is 3.10. The lowest BCUT2D eigenvalue weighted by Gasteiger charge is -2.20. The molecule has 1 aliphatic heterocycles. The number of anilines is 1. The molecule has 0 atom stereocenters. The number of hydrogen-bond acceptors (Lipinski definition) is 3. The minimum Gasteiger partial charge on any atom is -0.335 e. The SMILES string of the molecule is c1cc2c(c(NC3=NC4(CCCC4)CS3)c1)CCCC2. The highest BCUT2D eigenvalue weighted by atomic mass is 32.2. The van der Waals surface area contributed by atoms with E-state index in [1.165, 1.54) is 68.4 Å². The van der Waals surface area contributed by atoms with Crippen LogP contribution in [0.3, 0.4) is 0 Å². The van der Waals surface area contributed by atoms with Crippen molar-refractivity contribution < 1.29 is 0 Å². The zero-order valence-electron chi connectivity index (χ0n) is 12.0. The lowest BCUT2D eigenvalue weighted by Crippen LogP contribution is -2.21. The highest BCUT2D eigenvalue weighted by Gasteiger charge is 2.38. The molecule has 106 valence electrons. The second-order valence-electron chi connectivity index (χ2n) is 6.41. The van der Waals surface area contributed by atoms with Gasteiger partial charge in [-0.3, -0.25) is 4.99 Å². The van der Waals surface area contributed by atoms with Crippen LogP contribution in [0, 0.1) is 0 Å². The molecule has 0 unspecified atom stereocenters. The number of rotatable bonds is 1. The van der Waals surface area contributed by atoms with Gasteiger partial charge in [0.1, 0.15) is 0 Å². The van der Waals surface area contributed by atoms with E-state index in [2.05, 4.69) is 23.5 Å². The highest BCUT2D eigenvalue weighted by molar-refractivity contribution is 8.14. The van der Waals surface area contributed by atoms with Crippen LogP contribution < -0.4 is 5.32 Å². The molecule has 4 rings (SSSR count). The van der Waals surface area contributed by atoms with Crippen LogP contribution in [0.2, 0.25) is 0 Å². The first-order chi connectivity index (χ1) is 9.85.